The number of aryl methyl sites for hydroxylation is 2. The molecule has 14 heterocycles. The number of halogens is 4. The predicted octanol–water partition coefficient (Wildman–Crippen LogP) is 10.8. The Kier molecular flexibility index (Phi) is 17.9. The molecule has 17 rings (SSSR count). The van der Waals surface area contributed by atoms with Gasteiger partial charge in [-0.05, 0) is 130 Å². The largest absolute Gasteiger partial charge is 0.387 e. The molecule has 0 bridgehead atoms. The van der Waals surface area contributed by atoms with Crippen molar-refractivity contribution in [2.45, 2.75) is 183 Å². The Morgan fingerprint density at radius 1 is 0.417 bits per heavy atom. The Morgan fingerprint density at radius 2 is 0.771 bits per heavy atom. The summed E-state index contributed by atoms with van der Waals surface area (Å²) in [6, 6.07) is 22.9. The molecule has 6 aromatic heterocycles. The molecule has 0 radical (unpaired) electrons. The zero-order valence-electron chi connectivity index (χ0n) is 53.6. The predicted molar refractivity (Wildman–Crippen MR) is 348 cm³/mol. The third-order valence-corrected chi connectivity index (χ3v) is 20.1. The van der Waals surface area contributed by atoms with E-state index in [1.807, 2.05) is 130 Å². The van der Waals surface area contributed by atoms with Crippen molar-refractivity contribution in [3.05, 3.63) is 175 Å². The number of benzene rings is 3. The second-order valence-corrected chi connectivity index (χ2v) is 27.5. The van der Waals surface area contributed by atoms with Crippen molar-refractivity contribution in [2.75, 3.05) is 21.3 Å². The lowest BCUT2D eigenvalue weighted by Crippen LogP contribution is -2.40. The Morgan fingerprint density at radius 3 is 1.19 bits per heavy atom. The summed E-state index contributed by atoms with van der Waals surface area (Å²) in [6.45, 7) is 11.5. The SMILES string of the molecule is COC1Cc2cc(Cl)ccc2[C@H]([C@H]2O[C@@H](n3ccc4c(C)ncnc43)[C@@H]3OC(C)(C)O[C@@H]32)O1.COC1Cc2cc(Cl)ccc2[C@H]([C@H]2O[C@@H](n3ccc4c(C)ncnc43)[C@H](O)[C@@H]2O)O1.COC1Cc2cc(Cl)ccc2[C@H]([C@H]2O[C@@H](n3ccc4c(Cl)ncnc43)[C@@H]3OC(C)(C)O[C@@H]32)O1. The first kappa shape index (κ1) is 66.0. The molecular formula is C68H71Cl4N9O15. The number of hydrogen-bond acceptors (Lipinski definition) is 21. The molecule has 96 heavy (non-hydrogen) atoms. The minimum Gasteiger partial charge on any atom is -0.387 e. The third-order valence-electron chi connectivity index (χ3n) is 19.1. The van der Waals surface area contributed by atoms with E-state index in [4.69, 9.17) is 108 Å². The topological polar surface area (TPSA) is 253 Å². The van der Waals surface area contributed by atoms with Gasteiger partial charge in [-0.15, -0.1) is 0 Å². The van der Waals surface area contributed by atoms with E-state index in [1.165, 1.54) is 12.7 Å². The van der Waals surface area contributed by atoms with E-state index in [9.17, 15) is 10.2 Å². The maximum Gasteiger partial charge on any atom is 0.164 e. The van der Waals surface area contributed by atoms with Crippen LogP contribution in [0.1, 0.15) is 109 Å². The van der Waals surface area contributed by atoms with Crippen LogP contribution >= 0.6 is 46.4 Å². The summed E-state index contributed by atoms with van der Waals surface area (Å²) >= 11 is 25.0. The van der Waals surface area contributed by atoms with Gasteiger partial charge in [-0.3, -0.25) is 0 Å². The number of aliphatic hydroxyl groups is 2. The van der Waals surface area contributed by atoms with Gasteiger partial charge in [0, 0.05) is 85.0 Å². The normalized spacial score (nSPS) is 32.3. The van der Waals surface area contributed by atoms with Gasteiger partial charge in [-0.25, -0.2) is 29.9 Å². The average Bonchev–Trinajstić information content (AvgIpc) is 1.58. The molecule has 8 aliphatic heterocycles. The summed E-state index contributed by atoms with van der Waals surface area (Å²) in [6.07, 6.45) is 1.94. The highest BCUT2D eigenvalue weighted by Gasteiger charge is 2.61. The lowest BCUT2D eigenvalue weighted by Gasteiger charge is -2.36. The van der Waals surface area contributed by atoms with E-state index in [0.29, 0.717) is 50.8 Å². The highest BCUT2D eigenvalue weighted by molar-refractivity contribution is 6.34. The Balaban J connectivity index is 0.000000118. The van der Waals surface area contributed by atoms with Crippen molar-refractivity contribution in [1.82, 2.24) is 43.6 Å². The van der Waals surface area contributed by atoms with E-state index < -0.39 is 98.0 Å². The Labute approximate surface area is 571 Å². The second-order valence-electron chi connectivity index (χ2n) is 25.9. The molecule has 0 spiro atoms. The highest BCUT2D eigenvalue weighted by Crippen LogP contribution is 2.53. The zero-order valence-corrected chi connectivity index (χ0v) is 56.7. The first-order chi connectivity index (χ1) is 46.2. The van der Waals surface area contributed by atoms with E-state index in [2.05, 4.69) is 29.9 Å². The van der Waals surface area contributed by atoms with Crippen LogP contribution < -0.4 is 0 Å². The van der Waals surface area contributed by atoms with Crippen molar-refractivity contribution < 1.29 is 71.8 Å². The fourth-order valence-electron chi connectivity index (χ4n) is 14.7. The van der Waals surface area contributed by atoms with E-state index in [0.717, 1.165) is 66.6 Å². The molecule has 506 valence electrons. The van der Waals surface area contributed by atoms with Gasteiger partial charge < -0.3 is 85.5 Å². The molecule has 9 aromatic rings. The fourth-order valence-corrected chi connectivity index (χ4v) is 15.5. The number of rotatable bonds is 9. The molecule has 18 atom stereocenters. The van der Waals surface area contributed by atoms with Crippen LogP contribution in [0.4, 0.5) is 0 Å². The minimum atomic E-state index is -1.17. The molecule has 8 aliphatic rings. The first-order valence-electron chi connectivity index (χ1n) is 31.6. The molecule has 5 fully saturated rings. The fraction of sp³-hybridized carbons (Fsp3) is 0.471. The van der Waals surface area contributed by atoms with Crippen molar-refractivity contribution in [2.24, 2.45) is 0 Å². The second kappa shape index (κ2) is 26.0. The Hall–Kier alpha value is -5.92. The molecular weight excluding hydrogens is 1320 g/mol. The molecule has 0 saturated carbocycles. The summed E-state index contributed by atoms with van der Waals surface area (Å²) in [5.74, 6) is -1.52. The monoisotopic (exact) mass is 1390 g/mol. The van der Waals surface area contributed by atoms with Gasteiger partial charge in [0.1, 0.15) is 114 Å². The molecule has 5 saturated heterocycles. The quantitative estimate of drug-likeness (QED) is 0.127. The van der Waals surface area contributed by atoms with E-state index in [-0.39, 0.29) is 24.4 Å². The summed E-state index contributed by atoms with van der Waals surface area (Å²) in [4.78, 5) is 25.9. The first-order valence-corrected chi connectivity index (χ1v) is 33.1. The van der Waals surface area contributed by atoms with Crippen molar-refractivity contribution >= 4 is 79.5 Å². The highest BCUT2D eigenvalue weighted by atomic mass is 35.5. The number of ether oxygens (including phenoxy) is 13. The summed E-state index contributed by atoms with van der Waals surface area (Å²) < 4.78 is 85.9. The van der Waals surface area contributed by atoms with Crippen LogP contribution in [0.3, 0.4) is 0 Å². The van der Waals surface area contributed by atoms with E-state index in [1.54, 1.807) is 44.5 Å². The molecule has 0 aliphatic carbocycles. The smallest absolute Gasteiger partial charge is 0.164 e. The van der Waals surface area contributed by atoms with E-state index >= 15 is 0 Å². The molecule has 0 amide bonds. The van der Waals surface area contributed by atoms with Crippen LogP contribution in [0.5, 0.6) is 0 Å². The zero-order chi connectivity index (χ0) is 66.8. The molecule has 3 unspecified atom stereocenters. The van der Waals surface area contributed by atoms with Crippen molar-refractivity contribution in [1.29, 1.82) is 0 Å². The number of hydrogen-bond donors (Lipinski definition) is 2. The van der Waals surface area contributed by atoms with Crippen LogP contribution in [-0.2, 0) is 80.8 Å². The number of aliphatic hydroxyl groups excluding tert-OH is 2. The van der Waals surface area contributed by atoms with Crippen LogP contribution in [-0.4, -0.2) is 161 Å². The lowest BCUT2D eigenvalue weighted by atomic mass is 9.91. The van der Waals surface area contributed by atoms with Gasteiger partial charge in [-0.2, -0.15) is 0 Å². The number of nitrogens with zero attached hydrogens (tertiary/aromatic N) is 9. The average molecular weight is 1400 g/mol. The van der Waals surface area contributed by atoms with Crippen LogP contribution in [0.15, 0.2) is 110 Å². The van der Waals surface area contributed by atoms with Crippen LogP contribution in [0, 0.1) is 13.8 Å². The Bertz CT molecular complexity index is 4200. The molecule has 28 heteroatoms. The number of aromatic nitrogens is 9. The molecule has 3 aromatic carbocycles. The van der Waals surface area contributed by atoms with Crippen LogP contribution in [0.25, 0.3) is 33.1 Å². The van der Waals surface area contributed by atoms with Gasteiger partial charge >= 0.3 is 0 Å². The van der Waals surface area contributed by atoms with Gasteiger partial charge in [0.05, 0.1) is 16.8 Å². The van der Waals surface area contributed by atoms with Crippen molar-refractivity contribution in [3.8, 4) is 0 Å². The maximum absolute atomic E-state index is 10.9. The van der Waals surface area contributed by atoms with Gasteiger partial charge in [0.25, 0.3) is 0 Å². The molecule has 2 N–H and O–H groups in total. The van der Waals surface area contributed by atoms with Crippen LogP contribution in [0.2, 0.25) is 20.2 Å². The molecule has 24 nitrogen and oxygen atoms in total. The van der Waals surface area contributed by atoms with Gasteiger partial charge in [0.2, 0.25) is 0 Å². The van der Waals surface area contributed by atoms with Gasteiger partial charge in [-0.1, -0.05) is 64.6 Å². The standard InChI is InChI=1S/C24H26ClN3O5.C23H23Cl2N3O5.C21H22ClN3O5/c1-12-15-7-8-28(22(15)27-11-26-12)23-21-20(32-24(2,3)33-21)19(31-23)18-16-6-5-14(25)9-13(16)10-17(29-4)30-18;1-23(2)32-18-17(16-13-5-4-12(24)8-11(13)9-15(29-3)30-16)31-22(19(18)33-23)28-7-6-14-20(25)26-10-27-21(14)28;1-10-13-5-6-25(20(13)24-9-23-10)21-17(27)16(26)19(30-21)18-14-4-3-12(22)7-11(14)8-15(28-2)29-18/h5-9,11,17-21,23H,10H2,1-4H3;4-8,10,15-19,22H,9H2,1-3H3;3-7,9,15-19,21,26-27H,8H2,1-2H3/t17?,18-,19-,20-,21-,23-;15?,16-,17-,18-,19-,22-;15?,16-,17+,18+,19-,21+/m110/s1. The minimum absolute atomic E-state index is 0.335. The third kappa shape index (κ3) is 12.0. The van der Waals surface area contributed by atoms with Gasteiger partial charge in [0.15, 0.2) is 49.1 Å². The number of fused-ring (bicyclic) bond motifs is 8. The maximum atomic E-state index is 10.9. The lowest BCUT2D eigenvalue weighted by molar-refractivity contribution is -0.237. The summed E-state index contributed by atoms with van der Waals surface area (Å²) in [7, 11) is 4.84. The summed E-state index contributed by atoms with van der Waals surface area (Å²) in [5, 5.41) is 26.6. The van der Waals surface area contributed by atoms with Crippen molar-refractivity contribution in [3.63, 3.8) is 0 Å². The summed E-state index contributed by atoms with van der Waals surface area (Å²) in [5.41, 5.74) is 9.85. The number of methoxy groups -OCH3 is 3.